The summed E-state index contributed by atoms with van der Waals surface area (Å²) >= 11 is 5.94. The highest BCUT2D eigenvalue weighted by Gasteiger charge is 2.26. The van der Waals surface area contributed by atoms with E-state index < -0.39 is 15.7 Å². The molecule has 1 amide bonds. The first-order chi connectivity index (χ1) is 16.8. The Morgan fingerprint density at radius 2 is 1.86 bits per heavy atom. The van der Waals surface area contributed by atoms with Crippen LogP contribution < -0.4 is 5.32 Å². The van der Waals surface area contributed by atoms with Crippen LogP contribution in [0.4, 0.5) is 15.9 Å². The summed E-state index contributed by atoms with van der Waals surface area (Å²) in [6, 6.07) is 12.9. The van der Waals surface area contributed by atoms with Gasteiger partial charge in [0.15, 0.2) is 15.7 Å². The summed E-state index contributed by atoms with van der Waals surface area (Å²) in [4.78, 5) is 28.0. The van der Waals surface area contributed by atoms with Gasteiger partial charge in [-0.15, -0.1) is 0 Å². The summed E-state index contributed by atoms with van der Waals surface area (Å²) in [5, 5.41) is 3.77. The zero-order chi connectivity index (χ0) is 24.6. The Labute approximate surface area is 205 Å². The van der Waals surface area contributed by atoms with Gasteiger partial charge in [-0.3, -0.25) is 9.78 Å². The number of carbonyl (C=O) groups is 1. The van der Waals surface area contributed by atoms with Gasteiger partial charge >= 0.3 is 0 Å². The third-order valence-electron chi connectivity index (χ3n) is 5.68. The van der Waals surface area contributed by atoms with Crippen molar-refractivity contribution in [2.75, 3.05) is 29.9 Å². The average Bonchev–Trinajstić information content (AvgIpc) is 2.86. The Morgan fingerprint density at radius 3 is 2.57 bits per heavy atom. The standard InChI is InChI=1S/C24H19ClFN5O3S/c25-19-13-17(4-6-20(19)26)28-23-18-5-3-15(24(32)31-8-10-35(33,34)11-9-31)12-21(18)29-22(30-23)16-2-1-7-27-14-16/h1-7,12-14H,8-11H2,(H,28,29,30). The molecule has 35 heavy (non-hydrogen) atoms. The molecule has 4 aromatic rings. The number of pyridine rings is 1. The van der Waals surface area contributed by atoms with Crippen LogP contribution in [-0.2, 0) is 9.84 Å². The van der Waals surface area contributed by atoms with E-state index in [0.29, 0.717) is 39.4 Å². The minimum Gasteiger partial charge on any atom is -0.340 e. The average molecular weight is 512 g/mol. The minimum absolute atomic E-state index is 0.0303. The molecule has 1 aliphatic heterocycles. The summed E-state index contributed by atoms with van der Waals surface area (Å²) in [7, 11) is -3.11. The number of rotatable bonds is 4. The predicted molar refractivity (Wildman–Crippen MR) is 132 cm³/mol. The molecule has 0 bridgehead atoms. The first-order valence-electron chi connectivity index (χ1n) is 10.7. The molecule has 0 unspecified atom stereocenters. The van der Waals surface area contributed by atoms with Crippen molar-refractivity contribution in [2.45, 2.75) is 0 Å². The van der Waals surface area contributed by atoms with Gasteiger partial charge in [-0.2, -0.15) is 0 Å². The number of halogens is 2. The van der Waals surface area contributed by atoms with Crippen molar-refractivity contribution in [1.29, 1.82) is 0 Å². The summed E-state index contributed by atoms with van der Waals surface area (Å²) in [6.45, 7) is 0.310. The van der Waals surface area contributed by atoms with Gasteiger partial charge in [0.2, 0.25) is 0 Å². The van der Waals surface area contributed by atoms with Crippen molar-refractivity contribution in [3.05, 3.63) is 77.3 Å². The Bertz CT molecular complexity index is 1540. The highest BCUT2D eigenvalue weighted by Crippen LogP contribution is 2.29. The molecule has 0 atom stereocenters. The molecule has 1 saturated heterocycles. The number of nitrogens with zero attached hydrogens (tertiary/aromatic N) is 4. The molecule has 0 spiro atoms. The van der Waals surface area contributed by atoms with Crippen LogP contribution in [0.3, 0.4) is 0 Å². The molecular formula is C24H19ClFN5O3S. The molecule has 1 fully saturated rings. The third kappa shape index (κ3) is 4.94. The number of amides is 1. The van der Waals surface area contributed by atoms with Crippen molar-refractivity contribution in [1.82, 2.24) is 19.9 Å². The molecule has 3 heterocycles. The molecule has 2 aromatic heterocycles. The van der Waals surface area contributed by atoms with E-state index in [1.54, 1.807) is 42.7 Å². The number of nitrogens with one attached hydrogen (secondary N) is 1. The van der Waals surface area contributed by atoms with Gasteiger partial charge in [-0.05, 0) is 48.5 Å². The van der Waals surface area contributed by atoms with Gasteiger partial charge in [0.05, 0.1) is 22.0 Å². The fourth-order valence-electron chi connectivity index (χ4n) is 3.79. The zero-order valence-corrected chi connectivity index (χ0v) is 19.9. The third-order valence-corrected chi connectivity index (χ3v) is 7.58. The fourth-order valence-corrected chi connectivity index (χ4v) is 5.17. The van der Waals surface area contributed by atoms with E-state index >= 15 is 0 Å². The number of hydrogen-bond donors (Lipinski definition) is 1. The van der Waals surface area contributed by atoms with Crippen LogP contribution in [0.5, 0.6) is 0 Å². The number of anilines is 2. The van der Waals surface area contributed by atoms with Crippen LogP contribution in [0, 0.1) is 5.82 Å². The van der Waals surface area contributed by atoms with E-state index in [1.807, 2.05) is 6.07 Å². The first-order valence-corrected chi connectivity index (χ1v) is 12.9. The first kappa shape index (κ1) is 23.1. The van der Waals surface area contributed by atoms with Crippen molar-refractivity contribution in [3.63, 3.8) is 0 Å². The Kier molecular flexibility index (Phi) is 6.08. The maximum absolute atomic E-state index is 13.6. The van der Waals surface area contributed by atoms with Gasteiger partial charge in [0, 0.05) is 47.7 Å². The molecule has 5 rings (SSSR count). The Morgan fingerprint density at radius 1 is 1.06 bits per heavy atom. The molecular weight excluding hydrogens is 493 g/mol. The van der Waals surface area contributed by atoms with Crippen molar-refractivity contribution >= 4 is 49.8 Å². The topological polar surface area (TPSA) is 105 Å². The molecule has 0 aliphatic carbocycles. The van der Waals surface area contributed by atoms with Gasteiger partial charge in [-0.25, -0.2) is 22.8 Å². The predicted octanol–water partition coefficient (Wildman–Crippen LogP) is 4.10. The quantitative estimate of drug-likeness (QED) is 0.439. The number of sulfone groups is 1. The lowest BCUT2D eigenvalue weighted by molar-refractivity contribution is 0.0770. The number of carbonyl (C=O) groups excluding carboxylic acids is 1. The highest BCUT2D eigenvalue weighted by molar-refractivity contribution is 7.91. The van der Waals surface area contributed by atoms with Crippen LogP contribution >= 0.6 is 11.6 Å². The molecule has 8 nitrogen and oxygen atoms in total. The molecule has 1 aliphatic rings. The second-order valence-corrected chi connectivity index (χ2v) is 10.8. The summed E-state index contributed by atoms with van der Waals surface area (Å²) in [6.07, 6.45) is 3.27. The lowest BCUT2D eigenvalue weighted by Gasteiger charge is -2.26. The molecule has 1 N–H and O–H groups in total. The van der Waals surface area contributed by atoms with Crippen molar-refractivity contribution in [3.8, 4) is 11.4 Å². The van der Waals surface area contributed by atoms with Crippen LogP contribution in [-0.4, -0.2) is 58.8 Å². The Hall–Kier alpha value is -3.63. The fraction of sp³-hybridized carbons (Fsp3) is 0.167. The van der Waals surface area contributed by atoms with Crippen LogP contribution in [0.15, 0.2) is 60.9 Å². The van der Waals surface area contributed by atoms with Crippen LogP contribution in [0.1, 0.15) is 10.4 Å². The lowest BCUT2D eigenvalue weighted by atomic mass is 10.1. The van der Waals surface area contributed by atoms with Crippen LogP contribution in [0.2, 0.25) is 5.02 Å². The molecule has 178 valence electrons. The number of benzene rings is 2. The van der Waals surface area contributed by atoms with Crippen LogP contribution in [0.25, 0.3) is 22.3 Å². The normalized spacial score (nSPS) is 15.2. The molecule has 2 aromatic carbocycles. The van der Waals surface area contributed by atoms with Gasteiger partial charge in [0.1, 0.15) is 11.6 Å². The Balaban J connectivity index is 1.56. The number of fused-ring (bicyclic) bond motifs is 1. The SMILES string of the molecule is O=C(c1ccc2c(Nc3ccc(F)c(Cl)c3)nc(-c3cccnc3)nc2c1)N1CCS(=O)(=O)CC1. The molecule has 0 saturated carbocycles. The van der Waals surface area contributed by atoms with Gasteiger partial charge < -0.3 is 10.2 Å². The van der Waals surface area contributed by atoms with E-state index in [2.05, 4.69) is 20.3 Å². The second-order valence-electron chi connectivity index (χ2n) is 8.07. The molecule has 11 heteroatoms. The van der Waals surface area contributed by atoms with Gasteiger partial charge in [-0.1, -0.05) is 11.6 Å². The summed E-state index contributed by atoms with van der Waals surface area (Å²) in [5.41, 5.74) is 2.10. The lowest BCUT2D eigenvalue weighted by Crippen LogP contribution is -2.43. The monoisotopic (exact) mass is 511 g/mol. The van der Waals surface area contributed by atoms with E-state index in [4.69, 9.17) is 11.6 Å². The van der Waals surface area contributed by atoms with E-state index in [0.717, 1.165) is 0 Å². The van der Waals surface area contributed by atoms with Crippen molar-refractivity contribution in [2.24, 2.45) is 0 Å². The maximum Gasteiger partial charge on any atom is 0.253 e. The van der Waals surface area contributed by atoms with E-state index in [1.165, 1.54) is 17.0 Å². The van der Waals surface area contributed by atoms with Crippen molar-refractivity contribution < 1.29 is 17.6 Å². The summed E-state index contributed by atoms with van der Waals surface area (Å²) < 4.78 is 37.1. The number of aromatic nitrogens is 3. The summed E-state index contributed by atoms with van der Waals surface area (Å²) in [5.74, 6) is -0.0609. The largest absolute Gasteiger partial charge is 0.340 e. The van der Waals surface area contributed by atoms with E-state index in [9.17, 15) is 17.6 Å². The highest BCUT2D eigenvalue weighted by atomic mass is 35.5. The minimum atomic E-state index is -3.11. The second kappa shape index (κ2) is 9.20. The maximum atomic E-state index is 13.6. The number of hydrogen-bond acceptors (Lipinski definition) is 7. The zero-order valence-electron chi connectivity index (χ0n) is 18.3. The smallest absolute Gasteiger partial charge is 0.253 e. The van der Waals surface area contributed by atoms with E-state index in [-0.39, 0.29) is 35.5 Å². The molecule has 0 radical (unpaired) electrons. The van der Waals surface area contributed by atoms with Gasteiger partial charge in [0.25, 0.3) is 5.91 Å².